The molecule has 13 heteroatoms. The van der Waals surface area contributed by atoms with Crippen molar-refractivity contribution in [3.63, 3.8) is 0 Å². The largest absolute Gasteiger partial charge is 0.345 e. The summed E-state index contributed by atoms with van der Waals surface area (Å²) in [5.74, 6) is -2.57. The lowest BCUT2D eigenvalue weighted by Crippen LogP contribution is -2.13. The number of nitrogens with one attached hydrogen (secondary N) is 3. The van der Waals surface area contributed by atoms with Crippen molar-refractivity contribution in [2.45, 2.75) is 13.3 Å². The second kappa shape index (κ2) is 10.2. The predicted molar refractivity (Wildman–Crippen MR) is 135 cm³/mol. The van der Waals surface area contributed by atoms with Crippen LogP contribution in [0.15, 0.2) is 61.6 Å². The summed E-state index contributed by atoms with van der Waals surface area (Å²) < 4.78 is 46.2. The van der Waals surface area contributed by atoms with Crippen molar-refractivity contribution in [2.75, 3.05) is 15.8 Å². The molecule has 0 aliphatic heterocycles. The molecule has 5 aromatic rings. The summed E-state index contributed by atoms with van der Waals surface area (Å²) in [6, 6.07) is 9.28. The van der Waals surface area contributed by atoms with Crippen LogP contribution in [0.4, 0.5) is 26.0 Å². The van der Waals surface area contributed by atoms with Crippen molar-refractivity contribution in [1.82, 2.24) is 29.7 Å². The van der Waals surface area contributed by atoms with E-state index in [-0.39, 0.29) is 28.2 Å². The highest BCUT2D eigenvalue weighted by Gasteiger charge is 2.26. The van der Waals surface area contributed by atoms with Crippen LogP contribution in [0.2, 0.25) is 0 Å². The first-order valence-corrected chi connectivity index (χ1v) is 12.5. The molecule has 1 atom stereocenters. The maximum absolute atomic E-state index is 15.3. The molecule has 2 aromatic carbocycles. The molecule has 0 radical (unpaired) electrons. The summed E-state index contributed by atoms with van der Waals surface area (Å²) in [4.78, 5) is 28.6. The maximum atomic E-state index is 15.3. The lowest BCUT2D eigenvalue weighted by Gasteiger charge is -2.12. The predicted octanol–water partition coefficient (Wildman–Crippen LogP) is 4.28. The monoisotopic (exact) mass is 522 g/mol. The molecule has 0 bridgehead atoms. The van der Waals surface area contributed by atoms with Gasteiger partial charge in [0.1, 0.15) is 47.2 Å². The van der Waals surface area contributed by atoms with E-state index in [4.69, 9.17) is 0 Å². The van der Waals surface area contributed by atoms with Crippen molar-refractivity contribution < 1.29 is 17.8 Å². The van der Waals surface area contributed by atoms with Crippen LogP contribution in [0, 0.1) is 11.6 Å². The van der Waals surface area contributed by atoms with Gasteiger partial charge in [-0.05, 0) is 36.8 Å². The molecule has 3 aromatic heterocycles. The summed E-state index contributed by atoms with van der Waals surface area (Å²) in [7, 11) is -1.58. The number of rotatable bonds is 9. The zero-order valence-electron chi connectivity index (χ0n) is 19.4. The molecule has 0 saturated carbocycles. The quantitative estimate of drug-likeness (QED) is 0.246. The van der Waals surface area contributed by atoms with Gasteiger partial charge in [-0.2, -0.15) is 5.10 Å². The minimum Gasteiger partial charge on any atom is -0.345 e. The fraction of sp³-hybridized carbons (Fsp3) is 0.125. The number of carbonyl (C=O) groups is 1. The van der Waals surface area contributed by atoms with Crippen LogP contribution in [0.25, 0.3) is 16.7 Å². The number of hydrogen-bond donors (Lipinski definition) is 3. The molecule has 3 N–H and O–H groups in total. The van der Waals surface area contributed by atoms with E-state index in [0.29, 0.717) is 17.8 Å². The Hall–Kier alpha value is -4.52. The van der Waals surface area contributed by atoms with Crippen LogP contribution < -0.4 is 10.0 Å². The van der Waals surface area contributed by atoms with E-state index in [0.717, 1.165) is 17.8 Å². The van der Waals surface area contributed by atoms with Gasteiger partial charge in [-0.1, -0.05) is 13.0 Å². The molecule has 188 valence electrons. The summed E-state index contributed by atoms with van der Waals surface area (Å²) in [5, 5.41) is 7.50. The second-order valence-corrected chi connectivity index (χ2v) is 9.23. The highest BCUT2D eigenvalue weighted by Crippen LogP contribution is 2.31. The number of benzene rings is 2. The maximum Gasteiger partial charge on any atom is 0.201 e. The second-order valence-electron chi connectivity index (χ2n) is 7.93. The lowest BCUT2D eigenvalue weighted by atomic mass is 10.0. The van der Waals surface area contributed by atoms with Crippen LogP contribution in [-0.2, 0) is 11.0 Å². The van der Waals surface area contributed by atoms with Gasteiger partial charge in [0.2, 0.25) is 5.78 Å². The first-order chi connectivity index (χ1) is 18.0. The first-order valence-electron chi connectivity index (χ1n) is 11.2. The van der Waals surface area contributed by atoms with E-state index in [1.807, 2.05) is 13.0 Å². The van der Waals surface area contributed by atoms with E-state index in [9.17, 15) is 13.4 Å². The molecule has 0 aliphatic carbocycles. The summed E-state index contributed by atoms with van der Waals surface area (Å²) >= 11 is 0. The van der Waals surface area contributed by atoms with Gasteiger partial charge >= 0.3 is 0 Å². The highest BCUT2D eigenvalue weighted by atomic mass is 32.2. The molecule has 0 amide bonds. The average molecular weight is 523 g/mol. The summed E-state index contributed by atoms with van der Waals surface area (Å²) in [5.41, 5.74) is 0.613. The summed E-state index contributed by atoms with van der Waals surface area (Å²) in [6.07, 6.45) is 6.18. The Kier molecular flexibility index (Phi) is 6.68. The highest BCUT2D eigenvalue weighted by molar-refractivity contribution is 7.86. The van der Waals surface area contributed by atoms with E-state index in [1.165, 1.54) is 18.9 Å². The van der Waals surface area contributed by atoms with Gasteiger partial charge in [0.05, 0.1) is 27.9 Å². The smallest absolute Gasteiger partial charge is 0.201 e. The van der Waals surface area contributed by atoms with Gasteiger partial charge in [-0.25, -0.2) is 32.6 Å². The fourth-order valence-electron chi connectivity index (χ4n) is 3.77. The Labute approximate surface area is 211 Å². The van der Waals surface area contributed by atoms with Crippen LogP contribution in [-0.4, -0.2) is 45.5 Å². The number of H-pyrrole nitrogens is 1. The van der Waals surface area contributed by atoms with E-state index < -0.39 is 34.0 Å². The third-order valence-corrected chi connectivity index (χ3v) is 6.66. The molecule has 0 aliphatic rings. The number of anilines is 3. The number of fused-ring (bicyclic) bond motifs is 1. The Balaban J connectivity index is 1.53. The number of halogens is 2. The van der Waals surface area contributed by atoms with Gasteiger partial charge in [0, 0.05) is 17.6 Å². The average Bonchev–Trinajstić information content (AvgIpc) is 3.57. The minimum atomic E-state index is -1.58. The van der Waals surface area contributed by atoms with Crippen molar-refractivity contribution in [2.24, 2.45) is 0 Å². The molecule has 3 heterocycles. The zero-order chi connectivity index (χ0) is 25.9. The molecule has 1 unspecified atom stereocenters. The number of aromatic nitrogens is 6. The Morgan fingerprint density at radius 1 is 1.16 bits per heavy atom. The third-order valence-electron chi connectivity index (χ3n) is 5.44. The molecular weight excluding hydrogens is 502 g/mol. The molecule has 37 heavy (non-hydrogen) atoms. The normalized spacial score (nSPS) is 12.0. The van der Waals surface area contributed by atoms with E-state index in [2.05, 4.69) is 35.1 Å². The topological polar surface area (TPSA) is 130 Å². The van der Waals surface area contributed by atoms with Crippen LogP contribution in [0.1, 0.15) is 29.3 Å². The van der Waals surface area contributed by atoms with Crippen molar-refractivity contribution in [3.8, 4) is 5.69 Å². The van der Waals surface area contributed by atoms with E-state index in [1.54, 1.807) is 29.2 Å². The molecular formula is C24H20F2N8O2S. The number of nitrogens with zero attached hydrogens (tertiary/aromatic N) is 5. The molecule has 5 rings (SSSR count). The van der Waals surface area contributed by atoms with Crippen LogP contribution in [0.5, 0.6) is 0 Å². The fourth-order valence-corrected chi connectivity index (χ4v) is 4.65. The van der Waals surface area contributed by atoms with Crippen molar-refractivity contribution >= 4 is 45.0 Å². The Morgan fingerprint density at radius 3 is 2.81 bits per heavy atom. The first kappa shape index (κ1) is 24.2. The lowest BCUT2D eigenvalue weighted by molar-refractivity contribution is 0.103. The standard InChI is InChI=1S/C24H20F2N8O2S/c1-2-8-37(36)33-18-7-6-17(25)20(21(18)26)22(35)16-10-28-23-19(16)24(30-12-29-23)32-14-4-3-5-15(9-14)34-13-27-11-31-34/h3-7,9-13,33H,2,8H2,1H3,(H2,28,29,30,32). The number of aromatic amines is 1. The molecule has 0 saturated heterocycles. The van der Waals surface area contributed by atoms with Crippen molar-refractivity contribution in [1.29, 1.82) is 0 Å². The molecule has 0 spiro atoms. The zero-order valence-corrected chi connectivity index (χ0v) is 20.2. The van der Waals surface area contributed by atoms with Crippen LogP contribution >= 0.6 is 0 Å². The van der Waals surface area contributed by atoms with Gasteiger partial charge in [0.25, 0.3) is 0 Å². The van der Waals surface area contributed by atoms with Gasteiger partial charge in [-0.15, -0.1) is 0 Å². The number of hydrogen-bond acceptors (Lipinski definition) is 7. The Morgan fingerprint density at radius 2 is 2.03 bits per heavy atom. The SMILES string of the molecule is CCCS(=O)Nc1ccc(F)c(C(=O)c2c[nH]c3ncnc(Nc4cccc(-n5cncn5)c4)c23)c1F. The molecule has 10 nitrogen and oxygen atoms in total. The van der Waals surface area contributed by atoms with Gasteiger partial charge in [-0.3, -0.25) is 4.79 Å². The van der Waals surface area contributed by atoms with Crippen molar-refractivity contribution in [3.05, 3.63) is 84.3 Å². The summed E-state index contributed by atoms with van der Waals surface area (Å²) in [6.45, 7) is 1.82. The van der Waals surface area contributed by atoms with Gasteiger partial charge in [0.15, 0.2) is 5.82 Å². The number of carbonyl (C=O) groups excluding carboxylic acids is 1. The van der Waals surface area contributed by atoms with Gasteiger partial charge < -0.3 is 15.0 Å². The third kappa shape index (κ3) is 4.80. The number of ketones is 1. The van der Waals surface area contributed by atoms with Crippen LogP contribution in [0.3, 0.4) is 0 Å². The Bertz CT molecular complexity index is 1620. The molecule has 0 fully saturated rings. The van der Waals surface area contributed by atoms with E-state index >= 15 is 4.39 Å². The minimum absolute atomic E-state index is 0.0323.